The van der Waals surface area contributed by atoms with E-state index in [1.54, 1.807) is 0 Å². The SMILES string of the molecule is OCC1(NCc2ccc(N3CCCC3)cc2)CC1. The van der Waals surface area contributed by atoms with Gasteiger partial charge in [0, 0.05) is 30.9 Å². The number of nitrogens with one attached hydrogen (secondary N) is 1. The van der Waals surface area contributed by atoms with Crippen molar-refractivity contribution in [3.63, 3.8) is 0 Å². The summed E-state index contributed by atoms with van der Waals surface area (Å²) < 4.78 is 0. The monoisotopic (exact) mass is 246 g/mol. The van der Waals surface area contributed by atoms with Crippen molar-refractivity contribution in [2.75, 3.05) is 24.6 Å². The maximum atomic E-state index is 9.25. The Bertz CT molecular complexity index is 391. The molecule has 0 bridgehead atoms. The second kappa shape index (κ2) is 4.90. The highest BCUT2D eigenvalue weighted by Gasteiger charge is 2.41. The summed E-state index contributed by atoms with van der Waals surface area (Å²) in [6.07, 6.45) is 4.86. The first-order chi connectivity index (χ1) is 8.81. The zero-order valence-corrected chi connectivity index (χ0v) is 10.9. The summed E-state index contributed by atoms with van der Waals surface area (Å²) in [6.45, 7) is 3.52. The molecule has 2 fully saturated rings. The molecule has 1 heterocycles. The van der Waals surface area contributed by atoms with E-state index in [4.69, 9.17) is 0 Å². The molecular formula is C15H22N2O. The number of hydrogen-bond acceptors (Lipinski definition) is 3. The lowest BCUT2D eigenvalue weighted by Gasteiger charge is -2.18. The number of aliphatic hydroxyl groups is 1. The van der Waals surface area contributed by atoms with Crippen LogP contribution in [-0.2, 0) is 6.54 Å². The Kier molecular flexibility index (Phi) is 3.27. The third-order valence-electron chi connectivity index (χ3n) is 4.23. The van der Waals surface area contributed by atoms with Crippen LogP contribution in [0.4, 0.5) is 5.69 Å². The van der Waals surface area contributed by atoms with Gasteiger partial charge in [0.15, 0.2) is 0 Å². The summed E-state index contributed by atoms with van der Waals surface area (Å²) in [5.41, 5.74) is 2.69. The molecule has 2 N–H and O–H groups in total. The van der Waals surface area contributed by atoms with Crippen molar-refractivity contribution < 1.29 is 5.11 Å². The molecule has 0 aromatic heterocycles. The van der Waals surface area contributed by atoms with E-state index in [1.165, 1.54) is 37.2 Å². The van der Waals surface area contributed by atoms with Gasteiger partial charge in [0.1, 0.15) is 0 Å². The molecule has 1 aromatic rings. The van der Waals surface area contributed by atoms with E-state index in [1.807, 2.05) is 0 Å². The first-order valence-electron chi connectivity index (χ1n) is 7.01. The molecule has 1 aliphatic carbocycles. The normalized spacial score (nSPS) is 21.3. The lowest BCUT2D eigenvalue weighted by molar-refractivity contribution is 0.229. The van der Waals surface area contributed by atoms with E-state index in [9.17, 15) is 5.11 Å². The van der Waals surface area contributed by atoms with Gasteiger partial charge in [0.2, 0.25) is 0 Å². The van der Waals surface area contributed by atoms with Crippen molar-refractivity contribution in [2.45, 2.75) is 37.8 Å². The lowest BCUT2D eigenvalue weighted by atomic mass is 10.1. The number of nitrogens with zero attached hydrogens (tertiary/aromatic N) is 1. The van der Waals surface area contributed by atoms with Crippen molar-refractivity contribution in [2.24, 2.45) is 0 Å². The first-order valence-corrected chi connectivity index (χ1v) is 7.01. The van der Waals surface area contributed by atoms with E-state index in [2.05, 4.69) is 34.5 Å². The second-order valence-corrected chi connectivity index (χ2v) is 5.65. The molecule has 3 nitrogen and oxygen atoms in total. The van der Waals surface area contributed by atoms with Crippen LogP contribution in [0.3, 0.4) is 0 Å². The van der Waals surface area contributed by atoms with Gasteiger partial charge in [0.05, 0.1) is 6.61 Å². The molecule has 0 radical (unpaired) electrons. The molecule has 1 aliphatic heterocycles. The van der Waals surface area contributed by atoms with Crippen LogP contribution in [0.2, 0.25) is 0 Å². The lowest BCUT2D eigenvalue weighted by Crippen LogP contribution is -2.34. The smallest absolute Gasteiger partial charge is 0.0613 e. The molecule has 0 amide bonds. The predicted molar refractivity (Wildman–Crippen MR) is 73.8 cm³/mol. The van der Waals surface area contributed by atoms with Crippen LogP contribution in [0, 0.1) is 0 Å². The van der Waals surface area contributed by atoms with Crippen LogP contribution in [-0.4, -0.2) is 30.3 Å². The number of benzene rings is 1. The Morgan fingerprint density at radius 3 is 2.33 bits per heavy atom. The van der Waals surface area contributed by atoms with Gasteiger partial charge < -0.3 is 15.3 Å². The summed E-state index contributed by atoms with van der Waals surface area (Å²) in [5.74, 6) is 0. The van der Waals surface area contributed by atoms with Gasteiger partial charge in [-0.15, -0.1) is 0 Å². The van der Waals surface area contributed by atoms with Gasteiger partial charge in [-0.25, -0.2) is 0 Å². The summed E-state index contributed by atoms with van der Waals surface area (Å²) >= 11 is 0. The average Bonchev–Trinajstić information content (AvgIpc) is 3.00. The topological polar surface area (TPSA) is 35.5 Å². The standard InChI is InChI=1S/C15H22N2O/c18-12-15(7-8-15)16-11-13-3-5-14(6-4-13)17-9-1-2-10-17/h3-6,16,18H,1-2,7-12H2. The molecule has 2 aliphatic rings. The molecule has 98 valence electrons. The van der Waals surface area contributed by atoms with Crippen LogP contribution >= 0.6 is 0 Å². The van der Waals surface area contributed by atoms with Gasteiger partial charge in [-0.1, -0.05) is 12.1 Å². The third kappa shape index (κ3) is 2.52. The number of rotatable bonds is 5. The second-order valence-electron chi connectivity index (χ2n) is 5.65. The fourth-order valence-electron chi connectivity index (χ4n) is 2.63. The fraction of sp³-hybridized carbons (Fsp3) is 0.600. The Labute approximate surface area is 109 Å². The fourth-order valence-corrected chi connectivity index (χ4v) is 2.63. The van der Waals surface area contributed by atoms with Gasteiger partial charge in [-0.05, 0) is 43.4 Å². The Balaban J connectivity index is 1.57. The Hall–Kier alpha value is -1.06. The van der Waals surface area contributed by atoms with Crippen molar-refractivity contribution >= 4 is 5.69 Å². The molecule has 1 saturated heterocycles. The van der Waals surface area contributed by atoms with Crippen LogP contribution in [0.1, 0.15) is 31.2 Å². The summed E-state index contributed by atoms with van der Waals surface area (Å²) in [7, 11) is 0. The van der Waals surface area contributed by atoms with Gasteiger partial charge in [-0.3, -0.25) is 0 Å². The van der Waals surface area contributed by atoms with Crippen LogP contribution < -0.4 is 10.2 Å². The van der Waals surface area contributed by atoms with Crippen LogP contribution in [0.25, 0.3) is 0 Å². The maximum Gasteiger partial charge on any atom is 0.0613 e. The largest absolute Gasteiger partial charge is 0.394 e. The summed E-state index contributed by atoms with van der Waals surface area (Å²) in [6, 6.07) is 8.85. The molecule has 18 heavy (non-hydrogen) atoms. The van der Waals surface area contributed by atoms with Crippen LogP contribution in [0.15, 0.2) is 24.3 Å². The van der Waals surface area contributed by atoms with Gasteiger partial charge in [-0.2, -0.15) is 0 Å². The quantitative estimate of drug-likeness (QED) is 0.833. The zero-order chi connectivity index (χ0) is 12.4. The maximum absolute atomic E-state index is 9.25. The summed E-state index contributed by atoms with van der Waals surface area (Å²) in [4.78, 5) is 2.45. The highest BCUT2D eigenvalue weighted by Crippen LogP contribution is 2.34. The molecule has 1 aromatic carbocycles. The minimum absolute atomic E-state index is 0.0353. The van der Waals surface area contributed by atoms with E-state index in [0.717, 1.165) is 19.4 Å². The molecule has 0 unspecified atom stereocenters. The number of aliphatic hydroxyl groups excluding tert-OH is 1. The van der Waals surface area contributed by atoms with E-state index >= 15 is 0 Å². The van der Waals surface area contributed by atoms with Crippen molar-refractivity contribution in [3.8, 4) is 0 Å². The first kappa shape index (κ1) is 12.0. The highest BCUT2D eigenvalue weighted by molar-refractivity contribution is 5.48. The van der Waals surface area contributed by atoms with Gasteiger partial charge in [0.25, 0.3) is 0 Å². The Morgan fingerprint density at radius 1 is 1.11 bits per heavy atom. The molecule has 1 saturated carbocycles. The molecule has 0 spiro atoms. The van der Waals surface area contributed by atoms with Gasteiger partial charge >= 0.3 is 0 Å². The predicted octanol–water partition coefficient (Wildman–Crippen LogP) is 1.90. The molecule has 3 heteroatoms. The minimum atomic E-state index is 0.0353. The minimum Gasteiger partial charge on any atom is -0.394 e. The number of anilines is 1. The number of hydrogen-bond donors (Lipinski definition) is 2. The summed E-state index contributed by atoms with van der Waals surface area (Å²) in [5, 5.41) is 12.7. The highest BCUT2D eigenvalue weighted by atomic mass is 16.3. The zero-order valence-electron chi connectivity index (χ0n) is 10.9. The van der Waals surface area contributed by atoms with Crippen molar-refractivity contribution in [1.82, 2.24) is 5.32 Å². The van der Waals surface area contributed by atoms with Crippen LogP contribution in [0.5, 0.6) is 0 Å². The molecule has 0 atom stereocenters. The van der Waals surface area contributed by atoms with E-state index in [-0.39, 0.29) is 12.1 Å². The average molecular weight is 246 g/mol. The Morgan fingerprint density at radius 2 is 1.78 bits per heavy atom. The van der Waals surface area contributed by atoms with E-state index < -0.39 is 0 Å². The van der Waals surface area contributed by atoms with Crippen molar-refractivity contribution in [3.05, 3.63) is 29.8 Å². The van der Waals surface area contributed by atoms with Crippen molar-refractivity contribution in [1.29, 1.82) is 0 Å². The third-order valence-corrected chi connectivity index (χ3v) is 4.23. The molecular weight excluding hydrogens is 224 g/mol. The molecule has 3 rings (SSSR count). The van der Waals surface area contributed by atoms with E-state index in [0.29, 0.717) is 0 Å².